The molecule has 1 aromatic heterocycles. The summed E-state index contributed by atoms with van der Waals surface area (Å²) in [7, 11) is 0. The topological polar surface area (TPSA) is 37.3 Å². The summed E-state index contributed by atoms with van der Waals surface area (Å²) in [5.41, 5.74) is 8.43. The van der Waals surface area contributed by atoms with Crippen molar-refractivity contribution in [2.75, 3.05) is 0 Å². The van der Waals surface area contributed by atoms with Gasteiger partial charge < -0.3 is 5.11 Å². The molecule has 1 atom stereocenters. The van der Waals surface area contributed by atoms with Crippen molar-refractivity contribution in [1.29, 1.82) is 0 Å². The van der Waals surface area contributed by atoms with E-state index in [4.69, 9.17) is 0 Å². The van der Waals surface area contributed by atoms with Crippen LogP contribution in [0.25, 0.3) is 21.2 Å². The first-order valence-electron chi connectivity index (χ1n) is 9.27. The Labute approximate surface area is 158 Å². The monoisotopic (exact) mass is 364 g/mol. The molecule has 0 fully saturated rings. The summed E-state index contributed by atoms with van der Waals surface area (Å²) >= 11 is 1.52. The molecule has 2 aromatic carbocycles. The Bertz CT molecular complexity index is 1040. The molecule has 3 aromatic rings. The summed E-state index contributed by atoms with van der Waals surface area (Å²) in [6.45, 7) is 8.89. The molecule has 4 rings (SSSR count). The van der Waals surface area contributed by atoms with Crippen molar-refractivity contribution in [2.24, 2.45) is 0 Å². The van der Waals surface area contributed by atoms with Crippen molar-refractivity contribution in [3.8, 4) is 10.4 Å². The molecular formula is C23H24O2S. The van der Waals surface area contributed by atoms with Crippen LogP contribution in [0.15, 0.2) is 23.6 Å². The van der Waals surface area contributed by atoms with E-state index in [0.29, 0.717) is 11.5 Å². The van der Waals surface area contributed by atoms with E-state index in [0.717, 1.165) is 4.88 Å². The van der Waals surface area contributed by atoms with Crippen LogP contribution in [-0.4, -0.2) is 11.1 Å². The maximum absolute atomic E-state index is 11.3. The number of rotatable bonds is 2. The van der Waals surface area contributed by atoms with Gasteiger partial charge >= 0.3 is 5.97 Å². The molecule has 2 nitrogen and oxygen atoms in total. The van der Waals surface area contributed by atoms with E-state index in [9.17, 15) is 9.90 Å². The van der Waals surface area contributed by atoms with Gasteiger partial charge in [-0.3, -0.25) is 0 Å². The fourth-order valence-electron chi connectivity index (χ4n) is 4.47. The molecule has 3 heteroatoms. The Hall–Kier alpha value is -2.13. The SMILES string of the molecule is Cc1c(-c2cc(C(=O)O)cs2)c(C)c2cc3c(cc2c1C)C(C)CCC3. The number of aryl methyl sites for hydroxylation is 3. The number of carboxylic acids is 1. The summed E-state index contributed by atoms with van der Waals surface area (Å²) in [5, 5.41) is 13.7. The molecular weight excluding hydrogens is 340 g/mol. The van der Waals surface area contributed by atoms with Crippen LogP contribution in [0.1, 0.15) is 63.9 Å². The van der Waals surface area contributed by atoms with Gasteiger partial charge in [0.05, 0.1) is 5.56 Å². The van der Waals surface area contributed by atoms with Gasteiger partial charge in [0, 0.05) is 10.3 Å². The molecule has 0 aliphatic heterocycles. The van der Waals surface area contributed by atoms with Crippen molar-refractivity contribution in [2.45, 2.75) is 52.9 Å². The fourth-order valence-corrected chi connectivity index (χ4v) is 5.51. The summed E-state index contributed by atoms with van der Waals surface area (Å²) in [4.78, 5) is 12.3. The third-order valence-corrected chi connectivity index (χ3v) is 7.05. The third-order valence-electron chi connectivity index (χ3n) is 6.11. The van der Waals surface area contributed by atoms with E-state index in [1.165, 1.54) is 74.8 Å². The zero-order valence-corrected chi connectivity index (χ0v) is 16.6. The maximum Gasteiger partial charge on any atom is 0.336 e. The number of fused-ring (bicyclic) bond motifs is 2. The van der Waals surface area contributed by atoms with Crippen LogP contribution in [0.2, 0.25) is 0 Å². The Balaban J connectivity index is 2.00. The minimum absolute atomic E-state index is 0.376. The van der Waals surface area contributed by atoms with Crippen LogP contribution in [-0.2, 0) is 6.42 Å². The highest BCUT2D eigenvalue weighted by atomic mass is 32.1. The van der Waals surface area contributed by atoms with Crippen LogP contribution >= 0.6 is 11.3 Å². The lowest BCUT2D eigenvalue weighted by Crippen LogP contribution is -2.07. The molecule has 0 bridgehead atoms. The van der Waals surface area contributed by atoms with E-state index in [1.54, 1.807) is 5.38 Å². The molecule has 0 amide bonds. The van der Waals surface area contributed by atoms with E-state index in [2.05, 4.69) is 39.8 Å². The second kappa shape index (κ2) is 6.24. The molecule has 0 saturated heterocycles. The van der Waals surface area contributed by atoms with Crippen molar-refractivity contribution < 1.29 is 9.90 Å². The lowest BCUT2D eigenvalue weighted by molar-refractivity contribution is 0.0697. The second-order valence-corrected chi connectivity index (χ2v) is 8.56. The van der Waals surface area contributed by atoms with Crippen molar-refractivity contribution in [3.63, 3.8) is 0 Å². The Morgan fingerprint density at radius 3 is 2.50 bits per heavy atom. The third kappa shape index (κ3) is 2.57. The van der Waals surface area contributed by atoms with E-state index in [1.807, 2.05) is 6.07 Å². The van der Waals surface area contributed by atoms with Crippen LogP contribution in [0.3, 0.4) is 0 Å². The molecule has 1 aliphatic carbocycles. The molecule has 1 aliphatic rings. The number of benzene rings is 2. The van der Waals surface area contributed by atoms with Crippen LogP contribution in [0.4, 0.5) is 0 Å². The van der Waals surface area contributed by atoms with Gasteiger partial charge in [0.2, 0.25) is 0 Å². The van der Waals surface area contributed by atoms with E-state index < -0.39 is 5.97 Å². The Kier molecular flexibility index (Phi) is 4.15. The average molecular weight is 365 g/mol. The molecule has 134 valence electrons. The lowest BCUT2D eigenvalue weighted by atomic mass is 9.80. The van der Waals surface area contributed by atoms with E-state index >= 15 is 0 Å². The van der Waals surface area contributed by atoms with Crippen LogP contribution in [0.5, 0.6) is 0 Å². The lowest BCUT2D eigenvalue weighted by Gasteiger charge is -2.25. The molecule has 1 unspecified atom stereocenters. The first-order chi connectivity index (χ1) is 12.4. The van der Waals surface area contributed by atoms with Crippen molar-refractivity contribution in [1.82, 2.24) is 0 Å². The van der Waals surface area contributed by atoms with Crippen molar-refractivity contribution in [3.05, 3.63) is 57.0 Å². The Morgan fingerprint density at radius 2 is 1.81 bits per heavy atom. The van der Waals surface area contributed by atoms with Gasteiger partial charge in [0.1, 0.15) is 0 Å². The summed E-state index contributed by atoms with van der Waals surface area (Å²) in [5.74, 6) is -0.221. The summed E-state index contributed by atoms with van der Waals surface area (Å²) in [6, 6.07) is 6.64. The number of aromatic carboxylic acids is 1. The summed E-state index contributed by atoms with van der Waals surface area (Å²) in [6.07, 6.45) is 3.71. The fraction of sp³-hybridized carbons (Fsp3) is 0.348. The predicted octanol–water partition coefficient (Wildman–Crippen LogP) is 6.63. The zero-order chi connectivity index (χ0) is 18.6. The molecule has 0 spiro atoms. The minimum atomic E-state index is -0.858. The molecule has 0 saturated carbocycles. The molecule has 0 radical (unpaired) electrons. The normalized spacial score (nSPS) is 16.7. The largest absolute Gasteiger partial charge is 0.478 e. The number of carboxylic acid groups (broad SMARTS) is 1. The Morgan fingerprint density at radius 1 is 1.08 bits per heavy atom. The van der Waals surface area contributed by atoms with Gasteiger partial charge in [-0.2, -0.15) is 0 Å². The molecule has 26 heavy (non-hydrogen) atoms. The number of hydrogen-bond acceptors (Lipinski definition) is 2. The maximum atomic E-state index is 11.3. The average Bonchev–Trinajstić information content (AvgIpc) is 3.09. The predicted molar refractivity (Wildman–Crippen MR) is 110 cm³/mol. The molecule has 1 N–H and O–H groups in total. The quantitative estimate of drug-likeness (QED) is 0.554. The van der Waals surface area contributed by atoms with Gasteiger partial charge in [0.25, 0.3) is 0 Å². The zero-order valence-electron chi connectivity index (χ0n) is 15.8. The van der Waals surface area contributed by atoms with Gasteiger partial charge in [-0.05, 0) is 96.2 Å². The number of hydrogen-bond donors (Lipinski definition) is 1. The summed E-state index contributed by atoms with van der Waals surface area (Å²) < 4.78 is 0. The first kappa shape index (κ1) is 17.3. The van der Waals surface area contributed by atoms with Crippen LogP contribution < -0.4 is 0 Å². The number of thiophene rings is 1. The highest BCUT2D eigenvalue weighted by Gasteiger charge is 2.21. The molecule has 1 heterocycles. The highest BCUT2D eigenvalue weighted by Crippen LogP contribution is 2.42. The first-order valence-corrected chi connectivity index (χ1v) is 10.1. The van der Waals surface area contributed by atoms with Crippen LogP contribution in [0, 0.1) is 20.8 Å². The highest BCUT2D eigenvalue weighted by molar-refractivity contribution is 7.13. The van der Waals surface area contributed by atoms with Gasteiger partial charge in [-0.1, -0.05) is 19.1 Å². The van der Waals surface area contributed by atoms with Crippen molar-refractivity contribution >= 4 is 28.1 Å². The van der Waals surface area contributed by atoms with Gasteiger partial charge in [0.15, 0.2) is 0 Å². The smallest absolute Gasteiger partial charge is 0.336 e. The van der Waals surface area contributed by atoms with Gasteiger partial charge in [-0.15, -0.1) is 11.3 Å². The van der Waals surface area contributed by atoms with E-state index in [-0.39, 0.29) is 0 Å². The van der Waals surface area contributed by atoms with Gasteiger partial charge in [-0.25, -0.2) is 4.79 Å². The standard InChI is InChI=1S/C23H24O2S/c1-12-6-5-7-16-8-19-15(4)22(21-9-17(11-26-21)23(24)25)14(3)13(2)20(19)10-18(12)16/h8-12H,5-7H2,1-4H3,(H,24,25). The number of carbonyl (C=O) groups is 1. The minimum Gasteiger partial charge on any atom is -0.478 e. The second-order valence-electron chi connectivity index (χ2n) is 7.64.